The molecule has 1 aromatic heterocycles. The standard InChI is InChI=1S/C18H18N2O3S/c1-12-4-2-5-13(10-12)15-11-14(16-6-3-9-24-16)19-20(15)17(21)7-8-18(22)23/h2-6,9-10,15H,7-8,11H2,1H3,(H,22,23)/t15-/m0/s1. The molecule has 0 spiro atoms. The topological polar surface area (TPSA) is 70.0 Å². The van der Waals surface area contributed by atoms with Crippen LogP contribution in [0.3, 0.4) is 0 Å². The maximum absolute atomic E-state index is 12.5. The first-order valence-electron chi connectivity index (χ1n) is 7.76. The van der Waals surface area contributed by atoms with Crippen LogP contribution in [0.25, 0.3) is 0 Å². The van der Waals surface area contributed by atoms with Gasteiger partial charge < -0.3 is 5.11 Å². The van der Waals surface area contributed by atoms with Crippen molar-refractivity contribution in [3.05, 3.63) is 57.8 Å². The molecule has 0 fully saturated rings. The molecule has 1 amide bonds. The van der Waals surface area contributed by atoms with Crippen LogP contribution in [0.4, 0.5) is 0 Å². The molecule has 6 heteroatoms. The summed E-state index contributed by atoms with van der Waals surface area (Å²) in [6.45, 7) is 2.01. The fourth-order valence-corrected chi connectivity index (χ4v) is 3.52. The number of benzene rings is 1. The lowest BCUT2D eigenvalue weighted by molar-refractivity contribution is -0.141. The summed E-state index contributed by atoms with van der Waals surface area (Å²) in [5, 5.41) is 16.8. The summed E-state index contributed by atoms with van der Waals surface area (Å²) < 4.78 is 0. The molecule has 0 aliphatic carbocycles. The first kappa shape index (κ1) is 16.4. The molecule has 2 aromatic rings. The SMILES string of the molecule is Cc1cccc([C@@H]2CC(c3cccs3)=NN2C(=O)CCC(=O)O)c1. The van der Waals surface area contributed by atoms with Gasteiger partial charge in [0.1, 0.15) is 0 Å². The van der Waals surface area contributed by atoms with Crippen molar-refractivity contribution in [2.75, 3.05) is 0 Å². The highest BCUT2D eigenvalue weighted by atomic mass is 32.1. The second kappa shape index (κ2) is 6.97. The number of hydrazone groups is 1. The molecule has 5 nitrogen and oxygen atoms in total. The molecule has 0 saturated heterocycles. The van der Waals surface area contributed by atoms with Gasteiger partial charge in [0, 0.05) is 12.8 Å². The number of carbonyl (C=O) groups is 2. The Labute approximate surface area is 144 Å². The highest BCUT2D eigenvalue weighted by Crippen LogP contribution is 2.34. The Balaban J connectivity index is 1.89. The van der Waals surface area contributed by atoms with Gasteiger partial charge in [-0.1, -0.05) is 35.9 Å². The first-order valence-corrected chi connectivity index (χ1v) is 8.64. The van der Waals surface area contributed by atoms with E-state index in [4.69, 9.17) is 5.11 Å². The molecule has 1 aliphatic heterocycles. The Morgan fingerprint density at radius 1 is 1.29 bits per heavy atom. The molecule has 0 bridgehead atoms. The van der Waals surface area contributed by atoms with E-state index in [0.717, 1.165) is 21.7 Å². The zero-order chi connectivity index (χ0) is 17.1. The maximum atomic E-state index is 12.5. The minimum atomic E-state index is -0.975. The van der Waals surface area contributed by atoms with Crippen molar-refractivity contribution in [2.45, 2.75) is 32.2 Å². The van der Waals surface area contributed by atoms with E-state index in [0.29, 0.717) is 6.42 Å². The molecule has 1 aliphatic rings. The van der Waals surface area contributed by atoms with Crippen LogP contribution in [0, 0.1) is 6.92 Å². The van der Waals surface area contributed by atoms with Crippen LogP contribution < -0.4 is 0 Å². The van der Waals surface area contributed by atoms with E-state index in [1.54, 1.807) is 11.3 Å². The number of carbonyl (C=O) groups excluding carboxylic acids is 1. The van der Waals surface area contributed by atoms with E-state index >= 15 is 0 Å². The largest absolute Gasteiger partial charge is 0.481 e. The second-order valence-corrected chi connectivity index (χ2v) is 6.74. The zero-order valence-corrected chi connectivity index (χ0v) is 14.1. The predicted molar refractivity (Wildman–Crippen MR) is 93.1 cm³/mol. The average Bonchev–Trinajstić information content (AvgIpc) is 3.21. The summed E-state index contributed by atoms with van der Waals surface area (Å²) in [6.07, 6.45) is 0.418. The van der Waals surface area contributed by atoms with Crippen LogP contribution in [-0.4, -0.2) is 27.7 Å². The van der Waals surface area contributed by atoms with Crippen LogP contribution in [0.5, 0.6) is 0 Å². The number of rotatable bonds is 5. The minimum absolute atomic E-state index is 0.0428. The molecule has 0 unspecified atom stereocenters. The summed E-state index contributed by atoms with van der Waals surface area (Å²) in [5.41, 5.74) is 3.02. The number of carboxylic acid groups (broad SMARTS) is 1. The van der Waals surface area contributed by atoms with Crippen LogP contribution in [-0.2, 0) is 9.59 Å². The van der Waals surface area contributed by atoms with Crippen molar-refractivity contribution in [2.24, 2.45) is 5.10 Å². The number of carboxylic acids is 1. The van der Waals surface area contributed by atoms with Crippen LogP contribution in [0.15, 0.2) is 46.9 Å². The quantitative estimate of drug-likeness (QED) is 0.902. The van der Waals surface area contributed by atoms with Gasteiger partial charge in [-0.3, -0.25) is 9.59 Å². The third-order valence-corrected chi connectivity index (χ3v) is 4.87. The van der Waals surface area contributed by atoms with Gasteiger partial charge in [0.2, 0.25) is 5.91 Å². The smallest absolute Gasteiger partial charge is 0.303 e. The summed E-state index contributed by atoms with van der Waals surface area (Å²) in [4.78, 5) is 24.3. The van der Waals surface area contributed by atoms with Crippen molar-refractivity contribution in [3.8, 4) is 0 Å². The van der Waals surface area contributed by atoms with Gasteiger partial charge in [0.25, 0.3) is 0 Å². The van der Waals surface area contributed by atoms with Gasteiger partial charge in [-0.05, 0) is 23.9 Å². The Bertz CT molecular complexity index is 783. The molecule has 0 saturated carbocycles. The Morgan fingerprint density at radius 2 is 2.12 bits per heavy atom. The number of nitrogens with zero attached hydrogens (tertiary/aromatic N) is 2. The first-order chi connectivity index (χ1) is 11.5. The van der Waals surface area contributed by atoms with Gasteiger partial charge >= 0.3 is 5.97 Å². The number of amides is 1. The van der Waals surface area contributed by atoms with Crippen molar-refractivity contribution < 1.29 is 14.7 Å². The molecule has 24 heavy (non-hydrogen) atoms. The Kier molecular flexibility index (Phi) is 4.76. The number of hydrogen-bond donors (Lipinski definition) is 1. The number of thiophene rings is 1. The van der Waals surface area contributed by atoms with Crippen molar-refractivity contribution in [1.29, 1.82) is 0 Å². The van der Waals surface area contributed by atoms with E-state index in [9.17, 15) is 9.59 Å². The van der Waals surface area contributed by atoms with E-state index in [1.807, 2.05) is 42.6 Å². The fraction of sp³-hybridized carbons (Fsp3) is 0.278. The highest BCUT2D eigenvalue weighted by molar-refractivity contribution is 7.12. The Hall–Kier alpha value is -2.47. The van der Waals surface area contributed by atoms with Gasteiger partial charge in [0.15, 0.2) is 0 Å². The molecule has 124 valence electrons. The molecule has 1 aromatic carbocycles. The third kappa shape index (κ3) is 3.54. The average molecular weight is 342 g/mol. The lowest BCUT2D eigenvalue weighted by Gasteiger charge is -2.22. The van der Waals surface area contributed by atoms with Crippen molar-refractivity contribution in [3.63, 3.8) is 0 Å². The lowest BCUT2D eigenvalue weighted by atomic mass is 9.99. The fourth-order valence-electron chi connectivity index (χ4n) is 2.80. The van der Waals surface area contributed by atoms with Gasteiger partial charge in [-0.2, -0.15) is 5.10 Å². The lowest BCUT2D eigenvalue weighted by Crippen LogP contribution is -2.27. The van der Waals surface area contributed by atoms with E-state index < -0.39 is 5.97 Å². The van der Waals surface area contributed by atoms with Crippen LogP contribution >= 0.6 is 11.3 Å². The third-order valence-electron chi connectivity index (χ3n) is 3.95. The summed E-state index contributed by atoms with van der Waals surface area (Å²) in [5.74, 6) is -1.23. The molecule has 3 rings (SSSR count). The van der Waals surface area contributed by atoms with Crippen LogP contribution in [0.2, 0.25) is 0 Å². The normalized spacial score (nSPS) is 17.0. The van der Waals surface area contributed by atoms with Gasteiger partial charge in [-0.25, -0.2) is 5.01 Å². The second-order valence-electron chi connectivity index (χ2n) is 5.79. The monoisotopic (exact) mass is 342 g/mol. The predicted octanol–water partition coefficient (Wildman–Crippen LogP) is 3.60. The molecular weight excluding hydrogens is 324 g/mol. The Morgan fingerprint density at radius 3 is 2.79 bits per heavy atom. The number of aryl methyl sites for hydroxylation is 1. The zero-order valence-electron chi connectivity index (χ0n) is 13.3. The van der Waals surface area contributed by atoms with Gasteiger partial charge in [-0.15, -0.1) is 11.3 Å². The molecule has 1 atom stereocenters. The summed E-state index contributed by atoms with van der Waals surface area (Å²) >= 11 is 1.59. The van der Waals surface area contributed by atoms with Crippen molar-refractivity contribution >= 4 is 28.9 Å². The van der Waals surface area contributed by atoms with Crippen LogP contribution in [0.1, 0.15) is 41.3 Å². The minimum Gasteiger partial charge on any atom is -0.481 e. The molecular formula is C18H18N2O3S. The maximum Gasteiger partial charge on any atom is 0.303 e. The van der Waals surface area contributed by atoms with Crippen molar-refractivity contribution in [1.82, 2.24) is 5.01 Å². The molecule has 0 radical (unpaired) electrons. The highest BCUT2D eigenvalue weighted by Gasteiger charge is 2.33. The molecule has 1 N–H and O–H groups in total. The van der Waals surface area contributed by atoms with Gasteiger partial charge in [0.05, 0.1) is 23.1 Å². The van der Waals surface area contributed by atoms with E-state index in [-0.39, 0.29) is 24.8 Å². The number of aliphatic carboxylic acids is 1. The molecule has 2 heterocycles. The van der Waals surface area contributed by atoms with E-state index in [2.05, 4.69) is 11.2 Å². The summed E-state index contributed by atoms with van der Waals surface area (Å²) in [6, 6.07) is 11.8. The number of hydrogen-bond acceptors (Lipinski definition) is 4. The summed E-state index contributed by atoms with van der Waals surface area (Å²) in [7, 11) is 0. The van der Waals surface area contributed by atoms with E-state index in [1.165, 1.54) is 5.01 Å².